The molecule has 2 aromatic heterocycles. The first-order chi connectivity index (χ1) is 16.2. The van der Waals surface area contributed by atoms with E-state index in [9.17, 15) is 8.42 Å². The number of aryl methyl sites for hydroxylation is 2. The van der Waals surface area contributed by atoms with Crippen LogP contribution in [0.4, 0.5) is 0 Å². The van der Waals surface area contributed by atoms with Gasteiger partial charge in [-0.25, -0.2) is 17.7 Å². The van der Waals surface area contributed by atoms with Crippen molar-refractivity contribution < 1.29 is 12.8 Å². The van der Waals surface area contributed by atoms with E-state index in [4.69, 9.17) is 9.40 Å². The number of hydrogen-bond donors (Lipinski definition) is 0. The first-order valence-corrected chi connectivity index (χ1v) is 13.6. The molecule has 0 aliphatic carbocycles. The van der Waals surface area contributed by atoms with Crippen molar-refractivity contribution in [3.8, 4) is 0 Å². The molecule has 0 spiro atoms. The molecule has 1 aromatic carbocycles. The first-order valence-electron chi connectivity index (χ1n) is 12.2. The Hall–Kier alpha value is -2.42. The Balaban J connectivity index is 1.75. The highest BCUT2D eigenvalue weighted by Crippen LogP contribution is 2.58. The topological polar surface area (TPSA) is 71.6 Å². The van der Waals surface area contributed by atoms with Gasteiger partial charge < -0.3 is 8.98 Å². The van der Waals surface area contributed by atoms with Crippen LogP contribution in [0.1, 0.15) is 60.8 Å². The molecule has 3 aromatic rings. The molecule has 0 N–H and O–H groups in total. The van der Waals surface area contributed by atoms with Gasteiger partial charge in [-0.3, -0.25) is 4.90 Å². The molecule has 0 bridgehead atoms. The predicted molar refractivity (Wildman–Crippen MR) is 132 cm³/mol. The van der Waals surface area contributed by atoms with E-state index in [0.717, 1.165) is 66.8 Å². The van der Waals surface area contributed by atoms with Crippen LogP contribution in [-0.4, -0.2) is 54.4 Å². The van der Waals surface area contributed by atoms with Crippen LogP contribution in [0.2, 0.25) is 0 Å². The standard InChI is InChI=1S/C26H32N4O3S/c1-6-26-12-8-13-29-14-11-18-22-19(9-7-10-21(22)34(31,32)28(4)5)30(23(18)24(26)29)20(15-26)25-27-16(2)17(3)33-25/h7,9-10,15,24H,6,8,11-14H2,1-5H3/t24-,26+/m1/s1. The second kappa shape index (κ2) is 7.29. The minimum Gasteiger partial charge on any atom is -0.440 e. The predicted octanol–water partition coefficient (Wildman–Crippen LogP) is 4.49. The zero-order chi connectivity index (χ0) is 24.0. The maximum atomic E-state index is 13.4. The molecule has 1 fully saturated rings. The molecule has 1 saturated heterocycles. The molecule has 3 aliphatic heterocycles. The third-order valence-corrected chi connectivity index (χ3v) is 10.2. The average molecular weight is 481 g/mol. The van der Waals surface area contributed by atoms with Crippen molar-refractivity contribution in [1.29, 1.82) is 0 Å². The lowest BCUT2D eigenvalue weighted by Crippen LogP contribution is -2.50. The number of rotatable bonds is 4. The molecule has 6 rings (SSSR count). The monoisotopic (exact) mass is 480 g/mol. The Morgan fingerprint density at radius 2 is 2.03 bits per heavy atom. The van der Waals surface area contributed by atoms with Gasteiger partial charge in [0.15, 0.2) is 0 Å². The van der Waals surface area contributed by atoms with E-state index in [1.807, 2.05) is 26.0 Å². The van der Waals surface area contributed by atoms with E-state index >= 15 is 0 Å². The molecule has 0 amide bonds. The lowest BCUT2D eigenvalue weighted by molar-refractivity contribution is 0.0269. The summed E-state index contributed by atoms with van der Waals surface area (Å²) >= 11 is 0. The second-order valence-electron chi connectivity index (χ2n) is 10.2. The Morgan fingerprint density at radius 1 is 1.24 bits per heavy atom. The molecule has 0 radical (unpaired) electrons. The van der Waals surface area contributed by atoms with Crippen LogP contribution in [-0.2, 0) is 16.4 Å². The van der Waals surface area contributed by atoms with Crippen LogP contribution in [0.5, 0.6) is 0 Å². The minimum absolute atomic E-state index is 0.0238. The fraction of sp³-hybridized carbons (Fsp3) is 0.500. The summed E-state index contributed by atoms with van der Waals surface area (Å²) in [4.78, 5) is 7.79. The Kier molecular flexibility index (Phi) is 4.73. The van der Waals surface area contributed by atoms with Crippen LogP contribution >= 0.6 is 0 Å². The zero-order valence-corrected chi connectivity index (χ0v) is 21.4. The molecule has 180 valence electrons. The fourth-order valence-corrected chi connectivity index (χ4v) is 7.63. The SMILES string of the molecule is CC[C@@]12C=C(c3nc(C)c(C)o3)n3c4c(c5c(S(=O)(=O)N(C)C)cccc53)CCN(CCC1)[C@H]42. The van der Waals surface area contributed by atoms with E-state index in [0.29, 0.717) is 10.8 Å². The van der Waals surface area contributed by atoms with Crippen molar-refractivity contribution in [1.82, 2.24) is 18.8 Å². The van der Waals surface area contributed by atoms with Gasteiger partial charge in [-0.1, -0.05) is 13.0 Å². The molecule has 5 heterocycles. The fourth-order valence-electron chi connectivity index (χ4n) is 6.50. The number of nitrogens with zero attached hydrogens (tertiary/aromatic N) is 4. The van der Waals surface area contributed by atoms with E-state index in [-0.39, 0.29) is 11.5 Å². The molecular formula is C26H32N4O3S. The van der Waals surface area contributed by atoms with Crippen LogP contribution in [0.15, 0.2) is 33.6 Å². The Morgan fingerprint density at radius 3 is 2.71 bits per heavy atom. The lowest BCUT2D eigenvalue weighted by atomic mass is 9.66. The number of oxazole rings is 1. The Bertz CT molecular complexity index is 1440. The number of piperidine rings is 1. The van der Waals surface area contributed by atoms with Crippen LogP contribution in [0, 0.1) is 19.3 Å². The Labute approximate surface area is 201 Å². The maximum absolute atomic E-state index is 13.4. The van der Waals surface area contributed by atoms with E-state index in [1.165, 1.54) is 15.6 Å². The van der Waals surface area contributed by atoms with Gasteiger partial charge in [0.2, 0.25) is 15.9 Å². The summed E-state index contributed by atoms with van der Waals surface area (Å²) in [5, 5.41) is 0.856. The summed E-state index contributed by atoms with van der Waals surface area (Å²) < 4.78 is 36.6. The van der Waals surface area contributed by atoms with Gasteiger partial charge in [-0.05, 0) is 69.8 Å². The first kappa shape index (κ1) is 22.1. The van der Waals surface area contributed by atoms with E-state index in [2.05, 4.69) is 22.5 Å². The largest absolute Gasteiger partial charge is 0.440 e. The smallest absolute Gasteiger partial charge is 0.243 e. The van der Waals surface area contributed by atoms with Crippen LogP contribution < -0.4 is 0 Å². The van der Waals surface area contributed by atoms with E-state index < -0.39 is 10.0 Å². The molecule has 0 saturated carbocycles. The van der Waals surface area contributed by atoms with Crippen molar-refractivity contribution in [2.24, 2.45) is 5.41 Å². The number of fused-ring (bicyclic) bond motifs is 3. The quantitative estimate of drug-likeness (QED) is 0.550. The normalized spacial score (nSPS) is 24.5. The second-order valence-corrected chi connectivity index (χ2v) is 12.3. The molecule has 2 atom stereocenters. The van der Waals surface area contributed by atoms with Gasteiger partial charge in [0.1, 0.15) is 11.5 Å². The molecular weight excluding hydrogens is 448 g/mol. The van der Waals surface area contributed by atoms with Crippen LogP contribution in [0.3, 0.4) is 0 Å². The van der Waals surface area contributed by atoms with Crippen molar-refractivity contribution in [2.75, 3.05) is 27.2 Å². The summed E-state index contributed by atoms with van der Waals surface area (Å²) in [6.45, 7) is 8.22. The van der Waals surface area contributed by atoms with Gasteiger partial charge in [0.25, 0.3) is 0 Å². The summed E-state index contributed by atoms with van der Waals surface area (Å²) in [7, 11) is -0.402. The van der Waals surface area contributed by atoms with Gasteiger partial charge >= 0.3 is 0 Å². The van der Waals surface area contributed by atoms with Gasteiger partial charge in [-0.15, -0.1) is 0 Å². The number of hydrogen-bond acceptors (Lipinski definition) is 5. The molecule has 7 nitrogen and oxygen atoms in total. The van der Waals surface area contributed by atoms with E-state index in [1.54, 1.807) is 20.2 Å². The van der Waals surface area contributed by atoms with Crippen molar-refractivity contribution in [3.63, 3.8) is 0 Å². The summed E-state index contributed by atoms with van der Waals surface area (Å²) in [5.41, 5.74) is 5.13. The average Bonchev–Trinajstić information content (AvgIpc) is 3.34. The molecule has 34 heavy (non-hydrogen) atoms. The van der Waals surface area contributed by atoms with Crippen molar-refractivity contribution >= 4 is 26.6 Å². The molecule has 8 heteroatoms. The third kappa shape index (κ3) is 2.76. The van der Waals surface area contributed by atoms with Crippen molar-refractivity contribution in [3.05, 3.63) is 52.9 Å². The summed E-state index contributed by atoms with van der Waals surface area (Å²) in [6.07, 6.45) is 6.51. The van der Waals surface area contributed by atoms with Gasteiger partial charge in [0.05, 0.1) is 22.1 Å². The molecule has 3 aliphatic rings. The van der Waals surface area contributed by atoms with Crippen molar-refractivity contribution in [2.45, 2.75) is 57.4 Å². The zero-order valence-electron chi connectivity index (χ0n) is 20.6. The number of benzene rings is 1. The van der Waals surface area contributed by atoms with Crippen LogP contribution in [0.25, 0.3) is 16.6 Å². The van der Waals surface area contributed by atoms with Gasteiger partial charge in [-0.2, -0.15) is 0 Å². The highest BCUT2D eigenvalue weighted by molar-refractivity contribution is 7.89. The number of aromatic nitrogens is 2. The maximum Gasteiger partial charge on any atom is 0.243 e. The highest BCUT2D eigenvalue weighted by Gasteiger charge is 2.51. The third-order valence-electron chi connectivity index (χ3n) is 8.33. The summed E-state index contributed by atoms with van der Waals surface area (Å²) in [5.74, 6) is 1.43. The number of sulfonamides is 1. The highest BCUT2D eigenvalue weighted by atomic mass is 32.2. The summed E-state index contributed by atoms with van der Waals surface area (Å²) in [6, 6.07) is 5.89. The minimum atomic E-state index is -3.61. The lowest BCUT2D eigenvalue weighted by Gasteiger charge is -2.53. The van der Waals surface area contributed by atoms with Gasteiger partial charge in [0, 0.05) is 37.1 Å². The molecule has 0 unspecified atom stereocenters.